The van der Waals surface area contributed by atoms with E-state index >= 15 is 0 Å². The van der Waals surface area contributed by atoms with Crippen molar-refractivity contribution in [1.82, 2.24) is 9.97 Å². The predicted octanol–water partition coefficient (Wildman–Crippen LogP) is 1.01. The highest BCUT2D eigenvalue weighted by atomic mass is 35.5. The molecule has 0 fully saturated rings. The number of hydrogen-bond donors (Lipinski definition) is 1. The van der Waals surface area contributed by atoms with Crippen LogP contribution < -0.4 is 4.43 Å². The van der Waals surface area contributed by atoms with Crippen molar-refractivity contribution in [2.24, 2.45) is 0 Å². The van der Waals surface area contributed by atoms with E-state index in [1.165, 1.54) is 0 Å². The van der Waals surface area contributed by atoms with Crippen LogP contribution in [0.4, 0.5) is 0 Å². The van der Waals surface area contributed by atoms with E-state index in [-0.39, 0.29) is 0 Å². The lowest BCUT2D eigenvalue weighted by molar-refractivity contribution is 1.34. The molecule has 4 heteroatoms. The maximum Gasteiger partial charge on any atom is 0.178 e. The number of pyridine rings is 1. The second kappa shape index (κ2) is 2.53. The lowest BCUT2D eigenvalue weighted by Crippen LogP contribution is -2.01. The average molecular weight is 179 g/mol. The van der Waals surface area contributed by atoms with Gasteiger partial charge in [0.25, 0.3) is 0 Å². The Morgan fingerprint density at radius 2 is 2.27 bits per heavy atom. The molecular formula is C7H4AlClN2. The minimum absolute atomic E-state index is 0.628. The van der Waals surface area contributed by atoms with Crippen LogP contribution in [-0.4, -0.2) is 26.3 Å². The highest BCUT2D eigenvalue weighted by Crippen LogP contribution is 2.14. The first-order valence-electron chi connectivity index (χ1n) is 3.15. The van der Waals surface area contributed by atoms with Crippen molar-refractivity contribution >= 4 is 43.4 Å². The second-order valence-electron chi connectivity index (χ2n) is 2.32. The molecule has 0 bridgehead atoms. The highest BCUT2D eigenvalue weighted by molar-refractivity contribution is 6.33. The summed E-state index contributed by atoms with van der Waals surface area (Å²) in [4.78, 5) is 7.07. The van der Waals surface area contributed by atoms with Crippen LogP contribution >= 0.6 is 11.6 Å². The quantitative estimate of drug-likeness (QED) is 0.600. The first-order chi connectivity index (χ1) is 5.25. The number of fused-ring (bicyclic) bond motifs is 1. The summed E-state index contributed by atoms with van der Waals surface area (Å²) < 4.78 is 1.06. The lowest BCUT2D eigenvalue weighted by atomic mass is 10.3. The summed E-state index contributed by atoms with van der Waals surface area (Å²) in [7, 11) is 0. The third kappa shape index (κ3) is 1.28. The van der Waals surface area contributed by atoms with Gasteiger partial charge < -0.3 is 4.98 Å². The van der Waals surface area contributed by atoms with Gasteiger partial charge in [-0.1, -0.05) is 17.7 Å². The van der Waals surface area contributed by atoms with Crippen molar-refractivity contribution in [3.8, 4) is 0 Å². The summed E-state index contributed by atoms with van der Waals surface area (Å²) in [5, 5.41) is 1.67. The smallest absolute Gasteiger partial charge is 0.178 e. The van der Waals surface area contributed by atoms with Gasteiger partial charge in [0.15, 0.2) is 16.3 Å². The maximum absolute atomic E-state index is 5.73. The van der Waals surface area contributed by atoms with E-state index in [4.69, 9.17) is 11.6 Å². The number of nitrogens with zero attached hydrogens (tertiary/aromatic N) is 1. The molecule has 0 aromatic carbocycles. The van der Waals surface area contributed by atoms with Crippen molar-refractivity contribution in [1.29, 1.82) is 0 Å². The number of aromatic amines is 1. The summed E-state index contributed by atoms with van der Waals surface area (Å²) in [6.07, 6.45) is 1.78. The first kappa shape index (κ1) is 7.18. The fourth-order valence-electron chi connectivity index (χ4n) is 0.999. The molecule has 2 radical (unpaired) electrons. The van der Waals surface area contributed by atoms with Crippen LogP contribution in [0.2, 0.25) is 5.15 Å². The third-order valence-electron chi connectivity index (χ3n) is 1.46. The molecule has 0 saturated heterocycles. The van der Waals surface area contributed by atoms with Gasteiger partial charge in [0.1, 0.15) is 10.8 Å². The molecule has 0 saturated carbocycles. The molecule has 2 aromatic rings. The van der Waals surface area contributed by atoms with E-state index in [2.05, 4.69) is 26.3 Å². The third-order valence-corrected chi connectivity index (χ3v) is 1.98. The lowest BCUT2D eigenvalue weighted by Gasteiger charge is -1.90. The fourth-order valence-corrected chi connectivity index (χ4v) is 1.46. The average Bonchev–Trinajstić information content (AvgIpc) is 2.27. The molecule has 52 valence electrons. The molecule has 0 aliphatic rings. The van der Waals surface area contributed by atoms with Crippen LogP contribution in [-0.2, 0) is 0 Å². The first-order valence-corrected chi connectivity index (χ1v) is 4.11. The van der Waals surface area contributed by atoms with Crippen LogP contribution in [0.3, 0.4) is 0 Å². The van der Waals surface area contributed by atoms with Crippen LogP contribution in [0, 0.1) is 0 Å². The van der Waals surface area contributed by atoms with Crippen molar-refractivity contribution in [2.75, 3.05) is 0 Å². The number of nitrogens with one attached hydrogen (secondary N) is 1. The zero-order valence-corrected chi connectivity index (χ0v) is 7.55. The molecule has 0 amide bonds. The Morgan fingerprint density at radius 3 is 3.09 bits per heavy atom. The number of halogens is 1. The maximum atomic E-state index is 5.73. The molecule has 1 N–H and O–H groups in total. The van der Waals surface area contributed by atoms with E-state index in [1.54, 1.807) is 6.20 Å². The van der Waals surface area contributed by atoms with Gasteiger partial charge in [-0.3, -0.25) is 0 Å². The van der Waals surface area contributed by atoms with Crippen LogP contribution in [0.1, 0.15) is 0 Å². The van der Waals surface area contributed by atoms with Gasteiger partial charge in [0, 0.05) is 11.6 Å². The summed E-state index contributed by atoms with van der Waals surface area (Å²) in [6.45, 7) is 0. The minimum atomic E-state index is 0.628. The molecular weight excluding hydrogens is 175 g/mol. The van der Waals surface area contributed by atoms with Crippen LogP contribution in [0.15, 0.2) is 18.3 Å². The van der Waals surface area contributed by atoms with E-state index in [0.29, 0.717) is 5.15 Å². The second-order valence-corrected chi connectivity index (χ2v) is 3.40. The molecule has 2 aromatic heterocycles. The Kier molecular flexibility index (Phi) is 1.65. The largest absolute Gasteiger partial charge is 0.330 e. The monoisotopic (exact) mass is 178 g/mol. The Bertz CT molecular complexity index is 396. The fraction of sp³-hybridized carbons (Fsp3) is 0. The number of rotatable bonds is 0. The van der Waals surface area contributed by atoms with Gasteiger partial charge in [0.05, 0.1) is 0 Å². The predicted molar refractivity (Wildman–Crippen MR) is 46.5 cm³/mol. The van der Waals surface area contributed by atoms with E-state index < -0.39 is 0 Å². The normalized spacial score (nSPS) is 10.6. The van der Waals surface area contributed by atoms with E-state index in [1.807, 2.05) is 12.1 Å². The standard InChI is InChI=1S/C7H4ClN2.Al/c8-6-4-5-2-1-3-9-7(5)10-6;/h2-4H,(H,9,10);. The summed E-state index contributed by atoms with van der Waals surface area (Å²) in [5.41, 5.74) is 0.834. The Morgan fingerprint density at radius 1 is 1.45 bits per heavy atom. The van der Waals surface area contributed by atoms with Crippen LogP contribution in [0.5, 0.6) is 0 Å². The Labute approximate surface area is 77.0 Å². The molecule has 2 nitrogen and oxygen atoms in total. The zero-order chi connectivity index (χ0) is 7.84. The molecule has 0 aliphatic carbocycles. The molecule has 0 unspecified atom stereocenters. The van der Waals surface area contributed by atoms with Gasteiger partial charge in [-0.2, -0.15) is 0 Å². The molecule has 0 spiro atoms. The van der Waals surface area contributed by atoms with Gasteiger partial charge in [-0.05, 0) is 6.07 Å². The zero-order valence-electron chi connectivity index (χ0n) is 5.63. The Hall–Kier alpha value is -0.488. The molecule has 2 heterocycles. The van der Waals surface area contributed by atoms with Gasteiger partial charge in [0.2, 0.25) is 0 Å². The number of H-pyrrole nitrogens is 1. The number of hydrogen-bond acceptors (Lipinski definition) is 1. The SMILES string of the molecule is [Al][c]1cnc2[nH]c(Cl)cc2c1. The summed E-state index contributed by atoms with van der Waals surface area (Å²) in [6, 6.07) is 3.87. The number of aromatic nitrogens is 2. The van der Waals surface area contributed by atoms with Crippen LogP contribution in [0.25, 0.3) is 11.0 Å². The molecule has 0 atom stereocenters. The minimum Gasteiger partial charge on any atom is -0.330 e. The molecule has 0 aliphatic heterocycles. The summed E-state index contributed by atoms with van der Waals surface area (Å²) >= 11 is 8.32. The highest BCUT2D eigenvalue weighted by Gasteiger charge is 1.97. The Balaban J connectivity index is 2.82. The summed E-state index contributed by atoms with van der Waals surface area (Å²) in [5.74, 6) is 0. The van der Waals surface area contributed by atoms with Crippen molar-refractivity contribution in [3.63, 3.8) is 0 Å². The molecule has 2 rings (SSSR count). The van der Waals surface area contributed by atoms with Crippen molar-refractivity contribution < 1.29 is 0 Å². The van der Waals surface area contributed by atoms with E-state index in [0.717, 1.165) is 15.5 Å². The van der Waals surface area contributed by atoms with Gasteiger partial charge in [-0.25, -0.2) is 4.98 Å². The molecule has 11 heavy (non-hydrogen) atoms. The van der Waals surface area contributed by atoms with Crippen molar-refractivity contribution in [2.45, 2.75) is 0 Å². The van der Waals surface area contributed by atoms with Gasteiger partial charge >= 0.3 is 0 Å². The van der Waals surface area contributed by atoms with Gasteiger partial charge in [-0.15, -0.1) is 4.43 Å². The van der Waals surface area contributed by atoms with E-state index in [9.17, 15) is 0 Å². The topological polar surface area (TPSA) is 28.7 Å². The van der Waals surface area contributed by atoms with Crippen molar-refractivity contribution in [3.05, 3.63) is 23.5 Å².